The SMILES string of the molecule is CN(C)CCN(C)CC(O)COc1ccccc1N1C(=O)C(=Nc2cccc(C(F)(F)F)c2)c2ccccc21. The zero-order valence-electron chi connectivity index (χ0n) is 22.0. The van der Waals surface area contributed by atoms with Crippen LogP contribution >= 0.6 is 0 Å². The Kier molecular flexibility index (Phi) is 8.69. The lowest BCUT2D eigenvalue weighted by Gasteiger charge is -2.24. The molecule has 0 fully saturated rings. The minimum Gasteiger partial charge on any atom is -0.489 e. The fourth-order valence-corrected chi connectivity index (χ4v) is 4.25. The maximum Gasteiger partial charge on any atom is 0.416 e. The number of likely N-dealkylation sites (N-methyl/N-ethyl adjacent to an activating group) is 2. The summed E-state index contributed by atoms with van der Waals surface area (Å²) in [5.41, 5.74) is 0.686. The van der Waals surface area contributed by atoms with E-state index in [4.69, 9.17) is 4.74 Å². The van der Waals surface area contributed by atoms with E-state index in [-0.39, 0.29) is 18.0 Å². The molecule has 10 heteroatoms. The Labute approximate surface area is 225 Å². The molecule has 0 bridgehead atoms. The maximum absolute atomic E-state index is 13.7. The predicted octanol–water partition coefficient (Wildman–Crippen LogP) is 4.74. The monoisotopic (exact) mass is 540 g/mol. The van der Waals surface area contributed by atoms with Crippen molar-refractivity contribution in [3.05, 3.63) is 83.9 Å². The van der Waals surface area contributed by atoms with Crippen LogP contribution in [-0.2, 0) is 11.0 Å². The molecule has 3 aromatic carbocycles. The molecule has 0 saturated heterocycles. The maximum atomic E-state index is 13.7. The number of aliphatic hydroxyl groups excluding tert-OH is 1. The number of amides is 1. The molecule has 0 spiro atoms. The highest BCUT2D eigenvalue weighted by atomic mass is 19.4. The minimum atomic E-state index is -4.53. The van der Waals surface area contributed by atoms with Crippen LogP contribution in [0.2, 0.25) is 0 Å². The Bertz CT molecular complexity index is 1340. The van der Waals surface area contributed by atoms with Crippen molar-refractivity contribution in [2.75, 3.05) is 52.3 Å². The van der Waals surface area contributed by atoms with Gasteiger partial charge in [0.15, 0.2) is 0 Å². The number of hydrogen-bond acceptors (Lipinski definition) is 6. The smallest absolute Gasteiger partial charge is 0.416 e. The van der Waals surface area contributed by atoms with Crippen LogP contribution in [-0.4, -0.2) is 80.0 Å². The van der Waals surface area contributed by atoms with Crippen molar-refractivity contribution < 1.29 is 27.8 Å². The van der Waals surface area contributed by atoms with Crippen LogP contribution < -0.4 is 9.64 Å². The topological polar surface area (TPSA) is 68.6 Å². The first kappa shape index (κ1) is 28.3. The summed E-state index contributed by atoms with van der Waals surface area (Å²) in [6.07, 6.45) is -5.29. The van der Waals surface area contributed by atoms with Crippen molar-refractivity contribution in [2.45, 2.75) is 12.3 Å². The number of alkyl halides is 3. The summed E-state index contributed by atoms with van der Waals surface area (Å²) in [6, 6.07) is 18.5. The second kappa shape index (κ2) is 12.0. The number of hydrogen-bond donors (Lipinski definition) is 1. The van der Waals surface area contributed by atoms with Gasteiger partial charge in [0.25, 0.3) is 5.91 Å². The van der Waals surface area contributed by atoms with Crippen molar-refractivity contribution >= 4 is 28.7 Å². The van der Waals surface area contributed by atoms with E-state index in [1.165, 1.54) is 17.0 Å². The number of aliphatic hydroxyl groups is 1. The first-order valence-corrected chi connectivity index (χ1v) is 12.5. The van der Waals surface area contributed by atoms with E-state index >= 15 is 0 Å². The number of benzene rings is 3. The number of halogens is 3. The van der Waals surface area contributed by atoms with Crippen LogP contribution in [0.5, 0.6) is 5.75 Å². The Balaban J connectivity index is 1.59. The molecule has 0 aliphatic carbocycles. The third kappa shape index (κ3) is 6.83. The van der Waals surface area contributed by atoms with E-state index in [0.29, 0.717) is 29.2 Å². The number of aliphatic imine (C=N–C) groups is 1. The summed E-state index contributed by atoms with van der Waals surface area (Å²) in [7, 11) is 5.89. The molecule has 1 atom stereocenters. The fraction of sp³-hybridized carbons (Fsp3) is 0.310. The lowest BCUT2D eigenvalue weighted by atomic mass is 10.1. The zero-order valence-corrected chi connectivity index (χ0v) is 22.0. The molecule has 1 N–H and O–H groups in total. The Morgan fingerprint density at radius 2 is 1.64 bits per heavy atom. The second-order valence-electron chi connectivity index (χ2n) is 9.66. The molecule has 1 unspecified atom stereocenters. The molecule has 1 heterocycles. The predicted molar refractivity (Wildman–Crippen MR) is 145 cm³/mol. The second-order valence-corrected chi connectivity index (χ2v) is 9.66. The molecule has 4 rings (SSSR count). The number of nitrogens with zero attached hydrogens (tertiary/aromatic N) is 4. The average Bonchev–Trinajstić information content (AvgIpc) is 3.17. The zero-order chi connectivity index (χ0) is 28.2. The molecule has 1 aliphatic heterocycles. The number of ether oxygens (including phenoxy) is 1. The van der Waals surface area contributed by atoms with Crippen molar-refractivity contribution in [3.8, 4) is 5.75 Å². The summed E-state index contributed by atoms with van der Waals surface area (Å²) in [6.45, 7) is 2.06. The Morgan fingerprint density at radius 1 is 0.949 bits per heavy atom. The highest BCUT2D eigenvalue weighted by Gasteiger charge is 2.37. The van der Waals surface area contributed by atoms with E-state index in [2.05, 4.69) is 9.89 Å². The molecule has 0 radical (unpaired) electrons. The van der Waals surface area contributed by atoms with Gasteiger partial charge < -0.3 is 19.6 Å². The third-order valence-electron chi connectivity index (χ3n) is 6.21. The molecule has 3 aromatic rings. The van der Waals surface area contributed by atoms with Gasteiger partial charge >= 0.3 is 6.18 Å². The summed E-state index contributed by atoms with van der Waals surface area (Å²) in [5.74, 6) is -0.107. The van der Waals surface area contributed by atoms with Crippen LogP contribution in [0.3, 0.4) is 0 Å². The van der Waals surface area contributed by atoms with Crippen LogP contribution in [0.25, 0.3) is 0 Å². The number of fused-ring (bicyclic) bond motifs is 1. The molecule has 1 amide bonds. The van der Waals surface area contributed by atoms with Gasteiger partial charge in [-0.3, -0.25) is 9.69 Å². The molecule has 39 heavy (non-hydrogen) atoms. The minimum absolute atomic E-state index is 0.0121. The van der Waals surface area contributed by atoms with Crippen molar-refractivity contribution in [1.29, 1.82) is 0 Å². The van der Waals surface area contributed by atoms with Gasteiger partial charge in [-0.25, -0.2) is 4.99 Å². The summed E-state index contributed by atoms with van der Waals surface area (Å²) >= 11 is 0. The van der Waals surface area contributed by atoms with Gasteiger partial charge in [0.1, 0.15) is 24.2 Å². The lowest BCUT2D eigenvalue weighted by Crippen LogP contribution is -2.36. The first-order chi connectivity index (χ1) is 18.5. The van der Waals surface area contributed by atoms with Gasteiger partial charge in [0.2, 0.25) is 0 Å². The van der Waals surface area contributed by atoms with Gasteiger partial charge in [-0.1, -0.05) is 36.4 Å². The summed E-state index contributed by atoms with van der Waals surface area (Å²) < 4.78 is 45.7. The van der Waals surface area contributed by atoms with Gasteiger partial charge in [-0.05, 0) is 57.5 Å². The quantitative estimate of drug-likeness (QED) is 0.403. The standard InChI is InChI=1S/C29H31F3N4O3/c1-34(2)15-16-35(3)18-22(37)19-39-26-14-7-6-13-25(26)36-24-12-5-4-11-23(24)27(28(36)38)33-21-10-8-9-20(17-21)29(30,31)32/h4-14,17,22,37H,15-16,18-19H2,1-3H3. The van der Waals surface area contributed by atoms with Crippen LogP contribution in [0.1, 0.15) is 11.1 Å². The van der Waals surface area contributed by atoms with Crippen LogP contribution in [0.4, 0.5) is 30.2 Å². The normalized spacial score (nSPS) is 15.4. The molecule has 0 aromatic heterocycles. The van der Waals surface area contributed by atoms with Crippen molar-refractivity contribution in [3.63, 3.8) is 0 Å². The van der Waals surface area contributed by atoms with Crippen molar-refractivity contribution in [1.82, 2.24) is 9.80 Å². The molecule has 206 valence electrons. The number of anilines is 2. The van der Waals surface area contributed by atoms with Gasteiger partial charge in [0.05, 0.1) is 22.6 Å². The third-order valence-corrected chi connectivity index (χ3v) is 6.21. The van der Waals surface area contributed by atoms with E-state index in [9.17, 15) is 23.1 Å². The highest BCUT2D eigenvalue weighted by Crippen LogP contribution is 2.41. The summed E-state index contributed by atoms with van der Waals surface area (Å²) in [5, 5.41) is 10.5. The summed E-state index contributed by atoms with van der Waals surface area (Å²) in [4.78, 5) is 23.5. The van der Waals surface area contributed by atoms with Crippen molar-refractivity contribution in [2.24, 2.45) is 4.99 Å². The van der Waals surface area contributed by atoms with Gasteiger partial charge in [-0.15, -0.1) is 0 Å². The number of carbonyl (C=O) groups excluding carboxylic acids is 1. The molecule has 0 saturated carbocycles. The Morgan fingerprint density at radius 3 is 2.36 bits per heavy atom. The van der Waals surface area contributed by atoms with Crippen LogP contribution in [0.15, 0.2) is 77.8 Å². The first-order valence-electron chi connectivity index (χ1n) is 12.5. The molecule has 1 aliphatic rings. The number of rotatable bonds is 10. The lowest BCUT2D eigenvalue weighted by molar-refractivity contribution is -0.137. The molecule has 7 nitrogen and oxygen atoms in total. The van der Waals surface area contributed by atoms with E-state index in [1.807, 2.05) is 26.0 Å². The number of carbonyl (C=O) groups is 1. The van der Waals surface area contributed by atoms with E-state index < -0.39 is 23.8 Å². The highest BCUT2D eigenvalue weighted by molar-refractivity contribution is 6.56. The average molecular weight is 541 g/mol. The van der Waals surface area contributed by atoms with Gasteiger partial charge in [-0.2, -0.15) is 13.2 Å². The Hall–Kier alpha value is -3.73. The largest absolute Gasteiger partial charge is 0.489 e. The molecular weight excluding hydrogens is 509 g/mol. The van der Waals surface area contributed by atoms with Gasteiger partial charge in [0, 0.05) is 25.2 Å². The van der Waals surface area contributed by atoms with E-state index in [0.717, 1.165) is 25.2 Å². The fourth-order valence-electron chi connectivity index (χ4n) is 4.25. The van der Waals surface area contributed by atoms with E-state index in [1.54, 1.807) is 48.5 Å². The molecular formula is C29H31F3N4O3. The van der Waals surface area contributed by atoms with Crippen LogP contribution in [0, 0.1) is 0 Å². The number of para-hydroxylation sites is 3.